The van der Waals surface area contributed by atoms with E-state index in [0.29, 0.717) is 6.54 Å². The van der Waals surface area contributed by atoms with Crippen LogP contribution < -0.4 is 4.72 Å². The maximum Gasteiger partial charge on any atom is 0.303 e. The Morgan fingerprint density at radius 1 is 1.44 bits per heavy atom. The Kier molecular flexibility index (Phi) is 3.82. The van der Waals surface area contributed by atoms with Crippen molar-refractivity contribution >= 4 is 16.0 Å². The predicted octanol–water partition coefficient (Wildman–Crippen LogP) is 1.75. The largest absolute Gasteiger partial charge is 0.303 e. The molecule has 5 nitrogen and oxygen atoms in total. The summed E-state index contributed by atoms with van der Waals surface area (Å²) in [5, 5.41) is 0. The standard InChI is InChI=1S/C11H16FN3O2S/c1-9-5-2-3-8-15(9)18(16,17)14-11-7-4-6-10(12)13-11/h4,6-7,9H,2-3,5,8H2,1H3,(H,13,14). The molecule has 18 heavy (non-hydrogen) atoms. The highest BCUT2D eigenvalue weighted by atomic mass is 32.2. The minimum Gasteiger partial charge on any atom is -0.254 e. The molecular weight excluding hydrogens is 257 g/mol. The van der Waals surface area contributed by atoms with Crippen LogP contribution in [0.25, 0.3) is 0 Å². The van der Waals surface area contributed by atoms with E-state index in [1.807, 2.05) is 6.92 Å². The van der Waals surface area contributed by atoms with Crippen molar-refractivity contribution in [2.75, 3.05) is 11.3 Å². The number of piperidine rings is 1. The molecule has 1 saturated heterocycles. The third-order valence-corrected chi connectivity index (χ3v) is 4.63. The second-order valence-electron chi connectivity index (χ2n) is 4.41. The highest BCUT2D eigenvalue weighted by molar-refractivity contribution is 7.90. The van der Waals surface area contributed by atoms with E-state index in [2.05, 4.69) is 9.71 Å². The summed E-state index contributed by atoms with van der Waals surface area (Å²) in [6, 6.07) is 3.97. The molecule has 0 bridgehead atoms. The molecule has 100 valence electrons. The molecule has 0 saturated carbocycles. The van der Waals surface area contributed by atoms with E-state index < -0.39 is 16.2 Å². The molecular formula is C11H16FN3O2S. The Hall–Kier alpha value is -1.21. The molecule has 7 heteroatoms. The van der Waals surface area contributed by atoms with Crippen LogP contribution in [0.2, 0.25) is 0 Å². The van der Waals surface area contributed by atoms with E-state index in [0.717, 1.165) is 19.3 Å². The van der Waals surface area contributed by atoms with Crippen molar-refractivity contribution in [3.63, 3.8) is 0 Å². The van der Waals surface area contributed by atoms with Crippen LogP contribution >= 0.6 is 0 Å². The molecule has 1 atom stereocenters. The number of hydrogen-bond donors (Lipinski definition) is 1. The minimum absolute atomic E-state index is 0.00720. The number of anilines is 1. The Morgan fingerprint density at radius 2 is 2.22 bits per heavy atom. The molecule has 1 aliphatic rings. The summed E-state index contributed by atoms with van der Waals surface area (Å²) in [5.41, 5.74) is 0. The molecule has 1 aliphatic heterocycles. The summed E-state index contributed by atoms with van der Waals surface area (Å²) in [6.07, 6.45) is 2.73. The summed E-state index contributed by atoms with van der Waals surface area (Å²) in [4.78, 5) is 3.49. The lowest BCUT2D eigenvalue weighted by Crippen LogP contribution is -2.44. The molecule has 0 aliphatic carbocycles. The maximum atomic E-state index is 12.9. The van der Waals surface area contributed by atoms with Gasteiger partial charge in [-0.2, -0.15) is 17.1 Å². The van der Waals surface area contributed by atoms with Gasteiger partial charge >= 0.3 is 10.2 Å². The fourth-order valence-electron chi connectivity index (χ4n) is 2.08. The van der Waals surface area contributed by atoms with E-state index in [1.54, 1.807) is 0 Å². The van der Waals surface area contributed by atoms with Crippen LogP contribution in [0.1, 0.15) is 26.2 Å². The van der Waals surface area contributed by atoms with Gasteiger partial charge in [0.2, 0.25) is 5.95 Å². The molecule has 1 aromatic rings. The van der Waals surface area contributed by atoms with Crippen molar-refractivity contribution in [3.8, 4) is 0 Å². The zero-order chi connectivity index (χ0) is 13.2. The first kappa shape index (κ1) is 13.2. The van der Waals surface area contributed by atoms with E-state index in [4.69, 9.17) is 0 Å². The SMILES string of the molecule is CC1CCCCN1S(=O)(=O)Nc1cccc(F)n1. The summed E-state index contributed by atoms with van der Waals surface area (Å²) < 4.78 is 40.9. The van der Waals surface area contributed by atoms with Gasteiger partial charge in [-0.25, -0.2) is 4.98 Å². The number of aromatic nitrogens is 1. The fourth-order valence-corrected chi connectivity index (χ4v) is 3.53. The average molecular weight is 273 g/mol. The third-order valence-electron chi connectivity index (χ3n) is 3.00. The summed E-state index contributed by atoms with van der Waals surface area (Å²) >= 11 is 0. The average Bonchev–Trinajstić information content (AvgIpc) is 2.28. The number of nitrogens with zero attached hydrogens (tertiary/aromatic N) is 2. The van der Waals surface area contributed by atoms with Gasteiger partial charge in [0.1, 0.15) is 5.82 Å². The number of rotatable bonds is 3. The third kappa shape index (κ3) is 2.97. The van der Waals surface area contributed by atoms with Crippen molar-refractivity contribution in [2.24, 2.45) is 0 Å². The Bertz CT molecular complexity index is 521. The van der Waals surface area contributed by atoms with Crippen LogP contribution in [-0.4, -0.2) is 30.3 Å². The molecule has 0 aromatic carbocycles. The van der Waals surface area contributed by atoms with Crippen LogP contribution in [0.15, 0.2) is 18.2 Å². The van der Waals surface area contributed by atoms with Gasteiger partial charge in [0.05, 0.1) is 0 Å². The predicted molar refractivity (Wildman–Crippen MR) is 66.8 cm³/mol. The van der Waals surface area contributed by atoms with Crippen molar-refractivity contribution in [1.82, 2.24) is 9.29 Å². The van der Waals surface area contributed by atoms with E-state index in [9.17, 15) is 12.8 Å². The highest BCUT2D eigenvalue weighted by Crippen LogP contribution is 2.21. The van der Waals surface area contributed by atoms with E-state index in [-0.39, 0.29) is 11.9 Å². The van der Waals surface area contributed by atoms with Gasteiger partial charge in [-0.15, -0.1) is 0 Å². The lowest BCUT2D eigenvalue weighted by Gasteiger charge is -2.32. The van der Waals surface area contributed by atoms with Crippen molar-refractivity contribution < 1.29 is 12.8 Å². The Morgan fingerprint density at radius 3 is 2.89 bits per heavy atom. The Balaban J connectivity index is 2.16. The normalized spacial score (nSPS) is 21.8. The molecule has 1 fully saturated rings. The van der Waals surface area contributed by atoms with Gasteiger partial charge < -0.3 is 0 Å². The zero-order valence-electron chi connectivity index (χ0n) is 10.1. The molecule has 1 aromatic heterocycles. The second-order valence-corrected chi connectivity index (χ2v) is 6.03. The molecule has 1 N–H and O–H groups in total. The van der Waals surface area contributed by atoms with Crippen LogP contribution in [0, 0.1) is 5.95 Å². The topological polar surface area (TPSA) is 62.3 Å². The van der Waals surface area contributed by atoms with Crippen molar-refractivity contribution in [3.05, 3.63) is 24.1 Å². The summed E-state index contributed by atoms with van der Waals surface area (Å²) in [5.74, 6) is -0.699. The first-order chi connectivity index (χ1) is 8.49. The summed E-state index contributed by atoms with van der Waals surface area (Å²) in [6.45, 7) is 2.36. The number of pyridine rings is 1. The quantitative estimate of drug-likeness (QED) is 0.853. The van der Waals surface area contributed by atoms with Crippen molar-refractivity contribution in [2.45, 2.75) is 32.2 Å². The maximum absolute atomic E-state index is 12.9. The second kappa shape index (κ2) is 5.19. The monoisotopic (exact) mass is 273 g/mol. The minimum atomic E-state index is -3.65. The molecule has 0 amide bonds. The first-order valence-electron chi connectivity index (χ1n) is 5.91. The van der Waals surface area contributed by atoms with Crippen LogP contribution in [0.3, 0.4) is 0 Å². The molecule has 2 heterocycles. The lowest BCUT2D eigenvalue weighted by atomic mass is 10.1. The lowest BCUT2D eigenvalue weighted by molar-refractivity contribution is 0.270. The fraction of sp³-hybridized carbons (Fsp3) is 0.545. The molecule has 2 rings (SSSR count). The Labute approximate surface area is 106 Å². The number of hydrogen-bond acceptors (Lipinski definition) is 3. The highest BCUT2D eigenvalue weighted by Gasteiger charge is 2.29. The van der Waals surface area contributed by atoms with E-state index in [1.165, 1.54) is 22.5 Å². The van der Waals surface area contributed by atoms with Crippen LogP contribution in [-0.2, 0) is 10.2 Å². The van der Waals surface area contributed by atoms with Gasteiger partial charge in [-0.3, -0.25) is 4.72 Å². The van der Waals surface area contributed by atoms with Gasteiger partial charge in [0.25, 0.3) is 0 Å². The van der Waals surface area contributed by atoms with Crippen LogP contribution in [0.5, 0.6) is 0 Å². The van der Waals surface area contributed by atoms with Gasteiger partial charge in [-0.05, 0) is 31.9 Å². The van der Waals surface area contributed by atoms with Crippen LogP contribution in [0.4, 0.5) is 10.2 Å². The molecule has 0 radical (unpaired) electrons. The van der Waals surface area contributed by atoms with Crippen molar-refractivity contribution in [1.29, 1.82) is 0 Å². The smallest absolute Gasteiger partial charge is 0.254 e. The van der Waals surface area contributed by atoms with Gasteiger partial charge in [0, 0.05) is 12.6 Å². The van der Waals surface area contributed by atoms with Gasteiger partial charge in [0.15, 0.2) is 0 Å². The van der Waals surface area contributed by atoms with E-state index >= 15 is 0 Å². The summed E-state index contributed by atoms with van der Waals surface area (Å²) in [7, 11) is -3.65. The number of nitrogens with one attached hydrogen (secondary N) is 1. The first-order valence-corrected chi connectivity index (χ1v) is 7.35. The zero-order valence-corrected chi connectivity index (χ0v) is 11.0. The number of halogens is 1. The van der Waals surface area contributed by atoms with Gasteiger partial charge in [-0.1, -0.05) is 12.5 Å². The molecule has 0 spiro atoms. The molecule has 1 unspecified atom stereocenters.